The van der Waals surface area contributed by atoms with Crippen molar-refractivity contribution in [1.29, 1.82) is 0 Å². The second-order valence-corrected chi connectivity index (χ2v) is 5.50. The Labute approximate surface area is 117 Å². The van der Waals surface area contributed by atoms with Crippen molar-refractivity contribution < 1.29 is 4.39 Å². The smallest absolute Gasteiger partial charge is 0.123 e. The molecule has 2 aromatic rings. The van der Waals surface area contributed by atoms with Crippen LogP contribution in [0.5, 0.6) is 0 Å². The molecule has 2 aromatic carbocycles. The van der Waals surface area contributed by atoms with Gasteiger partial charge in [-0.25, -0.2) is 4.39 Å². The molecule has 1 saturated carbocycles. The number of halogens is 2. The topological polar surface area (TPSA) is 12.0 Å². The molecular weight excluding hydrogens is 261 g/mol. The van der Waals surface area contributed by atoms with Crippen molar-refractivity contribution in [3.05, 3.63) is 64.9 Å². The molecule has 1 nitrogen and oxygen atoms in total. The van der Waals surface area contributed by atoms with Gasteiger partial charge in [0.2, 0.25) is 0 Å². The van der Waals surface area contributed by atoms with Crippen LogP contribution in [0.4, 0.5) is 10.1 Å². The third-order valence-corrected chi connectivity index (χ3v) is 3.95. The van der Waals surface area contributed by atoms with Crippen molar-refractivity contribution in [2.45, 2.75) is 24.8 Å². The summed E-state index contributed by atoms with van der Waals surface area (Å²) in [6.45, 7) is 0. The van der Waals surface area contributed by atoms with Gasteiger partial charge >= 0.3 is 0 Å². The van der Waals surface area contributed by atoms with Crippen LogP contribution in [-0.4, -0.2) is 6.04 Å². The second kappa shape index (κ2) is 5.22. The molecule has 3 rings (SSSR count). The molecular formula is C16H15ClFN. The first-order valence-electron chi connectivity index (χ1n) is 6.48. The van der Waals surface area contributed by atoms with Crippen LogP contribution < -0.4 is 5.32 Å². The third kappa shape index (κ3) is 2.90. The lowest BCUT2D eigenvalue weighted by Gasteiger charge is -2.37. The molecule has 0 unspecified atom stereocenters. The summed E-state index contributed by atoms with van der Waals surface area (Å²) in [5.74, 6) is 0.411. The fourth-order valence-corrected chi connectivity index (χ4v) is 2.65. The number of hydrogen-bond donors (Lipinski definition) is 1. The van der Waals surface area contributed by atoms with Crippen molar-refractivity contribution in [2.24, 2.45) is 0 Å². The van der Waals surface area contributed by atoms with E-state index in [1.807, 2.05) is 12.1 Å². The highest BCUT2D eigenvalue weighted by atomic mass is 35.5. The molecule has 0 heterocycles. The van der Waals surface area contributed by atoms with E-state index < -0.39 is 0 Å². The monoisotopic (exact) mass is 275 g/mol. The minimum Gasteiger partial charge on any atom is -0.382 e. The van der Waals surface area contributed by atoms with Crippen LogP contribution in [-0.2, 0) is 0 Å². The Balaban J connectivity index is 1.55. The van der Waals surface area contributed by atoms with Gasteiger partial charge in [0.25, 0.3) is 0 Å². The standard InChI is InChI=1S/C16H15ClFN/c17-13-3-1-11(2-4-13)12-9-16(10-12)19-15-7-5-14(18)6-8-15/h1-8,12,16,19H,9-10H2. The first-order valence-corrected chi connectivity index (χ1v) is 6.86. The minimum absolute atomic E-state index is 0.196. The highest BCUT2D eigenvalue weighted by Gasteiger charge is 2.29. The third-order valence-electron chi connectivity index (χ3n) is 3.69. The molecule has 3 heteroatoms. The van der Waals surface area contributed by atoms with Gasteiger partial charge < -0.3 is 5.32 Å². The lowest BCUT2D eigenvalue weighted by molar-refractivity contribution is 0.374. The van der Waals surface area contributed by atoms with Crippen molar-refractivity contribution in [3.63, 3.8) is 0 Å². The van der Waals surface area contributed by atoms with Crippen LogP contribution in [0.2, 0.25) is 5.02 Å². The highest BCUT2D eigenvalue weighted by Crippen LogP contribution is 2.38. The normalized spacial score (nSPS) is 21.8. The first-order chi connectivity index (χ1) is 9.20. The summed E-state index contributed by atoms with van der Waals surface area (Å²) in [7, 11) is 0. The van der Waals surface area contributed by atoms with E-state index in [2.05, 4.69) is 17.4 Å². The van der Waals surface area contributed by atoms with E-state index in [-0.39, 0.29) is 5.82 Å². The van der Waals surface area contributed by atoms with Crippen molar-refractivity contribution in [3.8, 4) is 0 Å². The largest absolute Gasteiger partial charge is 0.382 e. The Morgan fingerprint density at radius 2 is 1.58 bits per heavy atom. The van der Waals surface area contributed by atoms with E-state index in [1.165, 1.54) is 17.7 Å². The summed E-state index contributed by atoms with van der Waals surface area (Å²) in [6, 6.07) is 15.1. The molecule has 0 atom stereocenters. The number of rotatable bonds is 3. The Morgan fingerprint density at radius 3 is 2.21 bits per heavy atom. The predicted octanol–water partition coefficient (Wildman–Crippen LogP) is 4.84. The van der Waals surface area contributed by atoms with Gasteiger partial charge in [0.15, 0.2) is 0 Å². The van der Waals surface area contributed by atoms with Crippen LogP contribution >= 0.6 is 11.6 Å². The van der Waals surface area contributed by atoms with E-state index in [9.17, 15) is 4.39 Å². The fraction of sp³-hybridized carbons (Fsp3) is 0.250. The van der Waals surface area contributed by atoms with E-state index in [0.29, 0.717) is 12.0 Å². The van der Waals surface area contributed by atoms with Crippen molar-refractivity contribution in [2.75, 3.05) is 5.32 Å². The number of benzene rings is 2. The zero-order valence-electron chi connectivity index (χ0n) is 10.4. The quantitative estimate of drug-likeness (QED) is 0.845. The molecule has 0 aliphatic heterocycles. The van der Waals surface area contributed by atoms with Crippen LogP contribution in [0, 0.1) is 5.82 Å². The van der Waals surface area contributed by atoms with Crippen LogP contribution in [0.25, 0.3) is 0 Å². The van der Waals surface area contributed by atoms with Gasteiger partial charge in [-0.3, -0.25) is 0 Å². The summed E-state index contributed by atoms with van der Waals surface area (Å²) < 4.78 is 12.8. The van der Waals surface area contributed by atoms with E-state index >= 15 is 0 Å². The summed E-state index contributed by atoms with van der Waals surface area (Å²) in [5.41, 5.74) is 2.34. The Morgan fingerprint density at radius 1 is 0.947 bits per heavy atom. The number of anilines is 1. The maximum absolute atomic E-state index is 12.8. The van der Waals surface area contributed by atoms with Crippen LogP contribution in [0.1, 0.15) is 24.3 Å². The van der Waals surface area contributed by atoms with Gasteiger partial charge in [-0.05, 0) is 60.7 Å². The van der Waals surface area contributed by atoms with Gasteiger partial charge in [-0.15, -0.1) is 0 Å². The maximum Gasteiger partial charge on any atom is 0.123 e. The highest BCUT2D eigenvalue weighted by molar-refractivity contribution is 6.30. The minimum atomic E-state index is -0.196. The molecule has 0 aromatic heterocycles. The molecule has 1 aliphatic carbocycles. The predicted molar refractivity (Wildman–Crippen MR) is 77.2 cm³/mol. The molecule has 0 spiro atoms. The van der Waals surface area contributed by atoms with E-state index in [0.717, 1.165) is 23.6 Å². The zero-order chi connectivity index (χ0) is 13.2. The number of hydrogen-bond acceptors (Lipinski definition) is 1. The average molecular weight is 276 g/mol. The maximum atomic E-state index is 12.8. The first kappa shape index (κ1) is 12.5. The summed E-state index contributed by atoms with van der Waals surface area (Å²) in [5, 5.41) is 4.21. The molecule has 1 aliphatic rings. The molecule has 0 radical (unpaired) electrons. The van der Waals surface area contributed by atoms with Crippen LogP contribution in [0.15, 0.2) is 48.5 Å². The molecule has 0 amide bonds. The van der Waals surface area contributed by atoms with Gasteiger partial charge in [-0.1, -0.05) is 23.7 Å². The summed E-state index contributed by atoms with van der Waals surface area (Å²) in [6.07, 6.45) is 2.22. The van der Waals surface area contributed by atoms with E-state index in [4.69, 9.17) is 11.6 Å². The van der Waals surface area contributed by atoms with E-state index in [1.54, 1.807) is 12.1 Å². The van der Waals surface area contributed by atoms with Crippen LogP contribution in [0.3, 0.4) is 0 Å². The fourth-order valence-electron chi connectivity index (χ4n) is 2.52. The molecule has 98 valence electrons. The van der Waals surface area contributed by atoms with Gasteiger partial charge in [0.05, 0.1) is 0 Å². The Hall–Kier alpha value is -1.54. The summed E-state index contributed by atoms with van der Waals surface area (Å²) in [4.78, 5) is 0. The molecule has 19 heavy (non-hydrogen) atoms. The average Bonchev–Trinajstić information content (AvgIpc) is 2.37. The summed E-state index contributed by atoms with van der Waals surface area (Å²) >= 11 is 5.88. The lowest BCUT2D eigenvalue weighted by atomic mass is 9.76. The SMILES string of the molecule is Fc1ccc(NC2CC(c3ccc(Cl)cc3)C2)cc1. The van der Waals surface area contributed by atoms with Crippen molar-refractivity contribution >= 4 is 17.3 Å². The zero-order valence-corrected chi connectivity index (χ0v) is 11.2. The molecule has 1 N–H and O–H groups in total. The second-order valence-electron chi connectivity index (χ2n) is 5.07. The Bertz CT molecular complexity index is 544. The molecule has 0 saturated heterocycles. The van der Waals surface area contributed by atoms with Crippen molar-refractivity contribution in [1.82, 2.24) is 0 Å². The lowest BCUT2D eigenvalue weighted by Crippen LogP contribution is -2.33. The molecule has 0 bridgehead atoms. The van der Waals surface area contributed by atoms with Gasteiger partial charge in [-0.2, -0.15) is 0 Å². The Kier molecular flexibility index (Phi) is 3.43. The van der Waals surface area contributed by atoms with Gasteiger partial charge in [0.1, 0.15) is 5.82 Å². The van der Waals surface area contributed by atoms with Gasteiger partial charge in [0, 0.05) is 16.8 Å². The molecule has 1 fully saturated rings. The number of nitrogens with one attached hydrogen (secondary N) is 1.